The Balaban J connectivity index is 1.04. The molecule has 0 saturated heterocycles. The van der Waals surface area contributed by atoms with Crippen LogP contribution in [0.2, 0.25) is 0 Å². The normalized spacial score (nSPS) is 17.2. The molecule has 0 amide bonds. The quantitative estimate of drug-likeness (QED) is 0.118. The molecule has 52 heavy (non-hydrogen) atoms. The maximum Gasteiger partial charge on any atom is 0.195 e. The largest absolute Gasteiger partial charge is 0.289 e. The zero-order valence-corrected chi connectivity index (χ0v) is 32.7. The van der Waals surface area contributed by atoms with Crippen molar-refractivity contribution >= 4 is 35.1 Å². The lowest BCUT2D eigenvalue weighted by Gasteiger charge is -2.29. The van der Waals surface area contributed by atoms with Gasteiger partial charge in [-0.1, -0.05) is 150 Å². The minimum absolute atomic E-state index is 0.0855. The third-order valence-corrected chi connectivity index (χ3v) is 13.7. The van der Waals surface area contributed by atoms with Gasteiger partial charge in [0.2, 0.25) is 0 Å². The molecule has 2 aliphatic carbocycles. The van der Waals surface area contributed by atoms with Gasteiger partial charge in [0.25, 0.3) is 0 Å². The average molecular weight is 723 g/mol. The van der Waals surface area contributed by atoms with Crippen LogP contribution in [0.25, 0.3) is 11.1 Å². The van der Waals surface area contributed by atoms with Crippen molar-refractivity contribution in [1.82, 2.24) is 0 Å². The van der Waals surface area contributed by atoms with E-state index in [0.717, 1.165) is 31.9 Å². The summed E-state index contributed by atoms with van der Waals surface area (Å²) in [5.74, 6) is 1.45. The Hall–Kier alpha value is -3.86. The molecule has 266 valence electrons. The van der Waals surface area contributed by atoms with Crippen molar-refractivity contribution in [2.24, 2.45) is 5.92 Å². The summed E-state index contributed by atoms with van der Waals surface area (Å²) in [4.78, 5) is 32.0. The topological polar surface area (TPSA) is 34.1 Å². The molecule has 0 heterocycles. The first-order valence-corrected chi connectivity index (χ1v) is 20.9. The number of carbonyl (C=O) groups is 2. The highest BCUT2D eigenvalue weighted by Gasteiger charge is 2.34. The summed E-state index contributed by atoms with van der Waals surface area (Å²) in [6.45, 7) is 9.01. The molecule has 0 unspecified atom stereocenters. The molecule has 1 fully saturated rings. The Labute approximate surface area is 319 Å². The Morgan fingerprint density at radius 2 is 1.10 bits per heavy atom. The average Bonchev–Trinajstić information content (AvgIpc) is 3.18. The van der Waals surface area contributed by atoms with Crippen LogP contribution in [0.1, 0.15) is 134 Å². The highest BCUT2D eigenvalue weighted by molar-refractivity contribution is 7.99. The second-order valence-corrected chi connectivity index (χ2v) is 17.6. The van der Waals surface area contributed by atoms with Gasteiger partial charge in [0.1, 0.15) is 0 Å². The predicted octanol–water partition coefficient (Wildman–Crippen LogP) is 14.0. The lowest BCUT2D eigenvalue weighted by Crippen LogP contribution is -2.22. The van der Waals surface area contributed by atoms with Gasteiger partial charge >= 0.3 is 0 Å². The van der Waals surface area contributed by atoms with Crippen LogP contribution in [0, 0.1) is 5.92 Å². The van der Waals surface area contributed by atoms with E-state index < -0.39 is 0 Å². The van der Waals surface area contributed by atoms with Crippen LogP contribution in [-0.4, -0.2) is 11.6 Å². The fraction of sp³-hybridized carbons (Fsp3) is 0.333. The molecule has 5 aromatic carbocycles. The van der Waals surface area contributed by atoms with Gasteiger partial charge in [0.05, 0.1) is 0 Å². The van der Waals surface area contributed by atoms with E-state index >= 15 is 0 Å². The first-order chi connectivity index (χ1) is 25.3. The summed E-state index contributed by atoms with van der Waals surface area (Å²) >= 11 is 3.10. The smallest absolute Gasteiger partial charge is 0.195 e. The van der Waals surface area contributed by atoms with E-state index in [0.29, 0.717) is 28.2 Å². The monoisotopic (exact) mass is 722 g/mol. The van der Waals surface area contributed by atoms with Crippen molar-refractivity contribution in [2.75, 3.05) is 0 Å². The minimum atomic E-state index is -0.0862. The Morgan fingerprint density at radius 3 is 1.60 bits per heavy atom. The van der Waals surface area contributed by atoms with Gasteiger partial charge in [-0.15, -0.1) is 0 Å². The zero-order valence-electron chi connectivity index (χ0n) is 31.0. The van der Waals surface area contributed by atoms with Crippen LogP contribution in [0.4, 0.5) is 0 Å². The van der Waals surface area contributed by atoms with Gasteiger partial charge in [-0.3, -0.25) is 9.59 Å². The number of hydrogen-bond acceptors (Lipinski definition) is 4. The summed E-state index contributed by atoms with van der Waals surface area (Å²) < 4.78 is 0. The van der Waals surface area contributed by atoms with Gasteiger partial charge in [0.15, 0.2) is 11.6 Å². The van der Waals surface area contributed by atoms with Gasteiger partial charge in [-0.05, 0) is 108 Å². The summed E-state index contributed by atoms with van der Waals surface area (Å²) in [7, 11) is 0. The number of hydrogen-bond donors (Lipinski definition) is 0. The summed E-state index contributed by atoms with van der Waals surface area (Å²) in [5, 5.41) is 0. The van der Waals surface area contributed by atoms with Crippen LogP contribution in [0.3, 0.4) is 0 Å². The summed E-state index contributed by atoms with van der Waals surface area (Å²) in [5.41, 5.74) is 7.27. The van der Waals surface area contributed by atoms with E-state index in [1.54, 1.807) is 35.7 Å². The van der Waals surface area contributed by atoms with Crippen molar-refractivity contribution in [2.45, 2.75) is 116 Å². The lowest BCUT2D eigenvalue weighted by atomic mass is 9.77. The Bertz CT molecular complexity index is 2030. The molecule has 0 spiro atoms. The van der Waals surface area contributed by atoms with E-state index in [2.05, 4.69) is 100 Å². The van der Waals surface area contributed by atoms with Gasteiger partial charge in [-0.2, -0.15) is 0 Å². The Morgan fingerprint density at radius 1 is 0.596 bits per heavy atom. The highest BCUT2D eigenvalue weighted by Crippen LogP contribution is 2.42. The molecule has 0 N–H and O–H groups in total. The first kappa shape index (κ1) is 36.5. The van der Waals surface area contributed by atoms with E-state index in [4.69, 9.17) is 0 Å². The number of ketones is 2. The standard InChI is InChI=1S/C48H50O2S2/c1-5-7-8-11-32-16-18-33(19-17-32)34-20-22-35(23-21-34)36-24-28-38(29-25-36)51-42-14-9-12-40-44(42)46(49)41-13-10-15-43(45(41)47(40)50)52-39-30-26-37(27-31-39)48(3,4)6-2/h9-10,12-15,20-33H,5-8,11,16-19H2,1-4H3. The van der Waals surface area contributed by atoms with Crippen molar-refractivity contribution in [3.05, 3.63) is 143 Å². The zero-order chi connectivity index (χ0) is 36.2. The molecular weight excluding hydrogens is 673 g/mol. The first-order valence-electron chi connectivity index (χ1n) is 19.3. The van der Waals surface area contributed by atoms with E-state index in [1.807, 2.05) is 24.3 Å². The molecule has 2 aliphatic rings. The molecule has 5 aromatic rings. The SMILES string of the molecule is CCCCCC1CCC(c2ccc(-c3ccc(Sc4cccc5c4C(=O)c4cccc(Sc6ccc(C(C)(C)CC)cc6)c4C5=O)cc3)cc2)CC1. The molecule has 4 heteroatoms. The molecule has 2 nitrogen and oxygen atoms in total. The number of benzene rings is 5. The Kier molecular flexibility index (Phi) is 11.2. The molecule has 0 radical (unpaired) electrons. The maximum absolute atomic E-state index is 14.1. The number of unbranched alkanes of at least 4 members (excludes halogenated alkanes) is 2. The number of rotatable bonds is 12. The minimum Gasteiger partial charge on any atom is -0.289 e. The molecular formula is C48H50O2S2. The predicted molar refractivity (Wildman–Crippen MR) is 218 cm³/mol. The number of carbonyl (C=O) groups excluding carboxylic acids is 2. The van der Waals surface area contributed by atoms with E-state index in [9.17, 15) is 9.59 Å². The summed E-state index contributed by atoms with van der Waals surface area (Å²) in [6.07, 6.45) is 11.9. The van der Waals surface area contributed by atoms with Crippen molar-refractivity contribution in [1.29, 1.82) is 0 Å². The molecule has 0 atom stereocenters. The van der Waals surface area contributed by atoms with E-state index in [1.165, 1.54) is 73.6 Å². The fourth-order valence-corrected chi connectivity index (χ4v) is 9.87. The highest BCUT2D eigenvalue weighted by atomic mass is 32.2. The van der Waals surface area contributed by atoms with Gasteiger partial charge in [-0.25, -0.2) is 0 Å². The third kappa shape index (κ3) is 7.75. The third-order valence-electron chi connectivity index (χ3n) is 11.6. The van der Waals surface area contributed by atoms with Crippen LogP contribution in [0.15, 0.2) is 129 Å². The van der Waals surface area contributed by atoms with Crippen molar-refractivity contribution in [3.63, 3.8) is 0 Å². The number of fused-ring (bicyclic) bond motifs is 2. The lowest BCUT2D eigenvalue weighted by molar-refractivity contribution is 0.0974. The molecule has 0 bridgehead atoms. The molecule has 1 saturated carbocycles. The van der Waals surface area contributed by atoms with Crippen LogP contribution >= 0.6 is 23.5 Å². The fourth-order valence-electron chi connectivity index (χ4n) is 7.91. The van der Waals surface area contributed by atoms with Crippen molar-refractivity contribution in [3.8, 4) is 11.1 Å². The second-order valence-electron chi connectivity index (χ2n) is 15.3. The van der Waals surface area contributed by atoms with Gasteiger partial charge in [0, 0.05) is 41.8 Å². The van der Waals surface area contributed by atoms with Crippen LogP contribution in [-0.2, 0) is 5.41 Å². The summed E-state index contributed by atoms with van der Waals surface area (Å²) in [6, 6.07) is 37.7. The van der Waals surface area contributed by atoms with Crippen molar-refractivity contribution < 1.29 is 9.59 Å². The van der Waals surface area contributed by atoms with Gasteiger partial charge < -0.3 is 0 Å². The van der Waals surface area contributed by atoms with E-state index in [-0.39, 0.29) is 17.0 Å². The molecule has 0 aliphatic heterocycles. The molecule has 0 aromatic heterocycles. The van der Waals surface area contributed by atoms with Crippen LogP contribution in [0.5, 0.6) is 0 Å². The second kappa shape index (κ2) is 16.0. The van der Waals surface area contributed by atoms with Crippen LogP contribution < -0.4 is 0 Å². The molecule has 7 rings (SSSR count). The maximum atomic E-state index is 14.1.